The summed E-state index contributed by atoms with van der Waals surface area (Å²) in [5, 5.41) is 0. The molecule has 0 aliphatic heterocycles. The molecule has 0 spiro atoms. The average molecular weight is 298 g/mol. The highest BCUT2D eigenvalue weighted by Gasteiger charge is 2.17. The van der Waals surface area contributed by atoms with E-state index in [9.17, 15) is 8.42 Å². The van der Waals surface area contributed by atoms with Crippen LogP contribution in [0.1, 0.15) is 18.5 Å². The average Bonchev–Trinajstić information content (AvgIpc) is 2.40. The lowest BCUT2D eigenvalue weighted by atomic mass is 10.1. The first-order chi connectivity index (χ1) is 8.59. The highest BCUT2D eigenvalue weighted by atomic mass is 35.5. The third-order valence-electron chi connectivity index (χ3n) is 2.69. The summed E-state index contributed by atoms with van der Waals surface area (Å²) in [6, 6.07) is 17.6. The van der Waals surface area contributed by atoms with Gasteiger partial charge in [-0.15, -0.1) is 12.4 Å². The molecule has 19 heavy (non-hydrogen) atoms. The van der Waals surface area contributed by atoms with Crippen LogP contribution in [0.25, 0.3) is 0 Å². The zero-order chi connectivity index (χ0) is 13.0. The number of halogens is 1. The summed E-state index contributed by atoms with van der Waals surface area (Å²) in [6.45, 7) is 1.83. The summed E-state index contributed by atoms with van der Waals surface area (Å²) in [5.41, 5.74) is 0.942. The van der Waals surface area contributed by atoms with Crippen LogP contribution >= 0.6 is 12.4 Å². The number of nitrogens with one attached hydrogen (secondary N) is 1. The Morgan fingerprint density at radius 3 is 1.89 bits per heavy atom. The molecular formula is C14H16ClNO2S. The van der Waals surface area contributed by atoms with Crippen molar-refractivity contribution in [3.05, 3.63) is 66.2 Å². The summed E-state index contributed by atoms with van der Waals surface area (Å²) in [5.74, 6) is 0. The van der Waals surface area contributed by atoms with Crippen molar-refractivity contribution in [3.8, 4) is 0 Å². The largest absolute Gasteiger partial charge is 0.241 e. The van der Waals surface area contributed by atoms with Crippen LogP contribution in [0.3, 0.4) is 0 Å². The van der Waals surface area contributed by atoms with Crippen LogP contribution < -0.4 is 4.72 Å². The molecule has 0 aromatic heterocycles. The van der Waals surface area contributed by atoms with Crippen LogP contribution in [-0.2, 0) is 10.0 Å². The zero-order valence-electron chi connectivity index (χ0n) is 10.5. The highest BCUT2D eigenvalue weighted by Crippen LogP contribution is 2.16. The fourth-order valence-electron chi connectivity index (χ4n) is 1.71. The van der Waals surface area contributed by atoms with Gasteiger partial charge in [0, 0.05) is 6.04 Å². The van der Waals surface area contributed by atoms with Crippen LogP contribution in [-0.4, -0.2) is 8.42 Å². The molecular weight excluding hydrogens is 282 g/mol. The van der Waals surface area contributed by atoms with Gasteiger partial charge in [-0.25, -0.2) is 13.1 Å². The lowest BCUT2D eigenvalue weighted by molar-refractivity contribution is 0.567. The molecule has 0 aliphatic rings. The van der Waals surface area contributed by atoms with Crippen LogP contribution in [0.5, 0.6) is 0 Å². The van der Waals surface area contributed by atoms with Crippen molar-refractivity contribution in [2.75, 3.05) is 0 Å². The summed E-state index contributed by atoms with van der Waals surface area (Å²) < 4.78 is 26.9. The van der Waals surface area contributed by atoms with Gasteiger partial charge in [0.15, 0.2) is 0 Å². The molecule has 0 heterocycles. The van der Waals surface area contributed by atoms with Gasteiger partial charge in [0.25, 0.3) is 0 Å². The molecule has 2 rings (SSSR count). The Morgan fingerprint density at radius 2 is 1.37 bits per heavy atom. The van der Waals surface area contributed by atoms with Crippen LogP contribution in [0.15, 0.2) is 65.6 Å². The molecule has 0 radical (unpaired) electrons. The van der Waals surface area contributed by atoms with Gasteiger partial charge in [-0.3, -0.25) is 0 Å². The number of rotatable bonds is 4. The molecule has 2 aromatic carbocycles. The first kappa shape index (κ1) is 15.7. The van der Waals surface area contributed by atoms with Crippen LogP contribution in [0.4, 0.5) is 0 Å². The molecule has 1 atom stereocenters. The van der Waals surface area contributed by atoms with Crippen molar-refractivity contribution in [1.82, 2.24) is 4.72 Å². The number of benzene rings is 2. The van der Waals surface area contributed by atoms with Crippen molar-refractivity contribution >= 4 is 22.4 Å². The Kier molecular flexibility index (Phi) is 5.54. The molecule has 0 bridgehead atoms. The van der Waals surface area contributed by atoms with E-state index in [1.165, 1.54) is 0 Å². The lowest BCUT2D eigenvalue weighted by Crippen LogP contribution is -2.26. The molecule has 1 N–H and O–H groups in total. The summed E-state index contributed by atoms with van der Waals surface area (Å²) >= 11 is 0. The molecule has 0 aliphatic carbocycles. The molecule has 5 heteroatoms. The van der Waals surface area contributed by atoms with Crippen LogP contribution in [0, 0.1) is 0 Å². The molecule has 102 valence electrons. The summed E-state index contributed by atoms with van der Waals surface area (Å²) in [7, 11) is -3.46. The van der Waals surface area contributed by atoms with Crippen molar-refractivity contribution in [1.29, 1.82) is 0 Å². The third-order valence-corrected chi connectivity index (χ3v) is 4.24. The molecule has 0 amide bonds. The minimum Gasteiger partial charge on any atom is -0.207 e. The second kappa shape index (κ2) is 6.70. The molecule has 0 saturated carbocycles. The van der Waals surface area contributed by atoms with E-state index in [0.717, 1.165) is 5.56 Å². The number of hydrogen-bond donors (Lipinski definition) is 1. The van der Waals surface area contributed by atoms with Gasteiger partial charge in [0.2, 0.25) is 10.0 Å². The second-order valence-electron chi connectivity index (χ2n) is 4.07. The zero-order valence-corrected chi connectivity index (χ0v) is 12.1. The summed E-state index contributed by atoms with van der Waals surface area (Å²) in [4.78, 5) is 0.285. The Morgan fingerprint density at radius 1 is 0.895 bits per heavy atom. The maximum atomic E-state index is 12.1. The first-order valence-corrected chi connectivity index (χ1v) is 7.20. The van der Waals surface area contributed by atoms with Gasteiger partial charge in [-0.1, -0.05) is 48.5 Å². The van der Waals surface area contributed by atoms with Gasteiger partial charge < -0.3 is 0 Å². The first-order valence-electron chi connectivity index (χ1n) is 5.72. The quantitative estimate of drug-likeness (QED) is 0.942. The van der Waals surface area contributed by atoms with E-state index in [0.29, 0.717) is 0 Å². The summed E-state index contributed by atoms with van der Waals surface area (Å²) in [6.07, 6.45) is 0. The number of hydrogen-bond acceptors (Lipinski definition) is 2. The normalized spacial score (nSPS) is 12.5. The molecule has 0 saturated heterocycles. The molecule has 1 unspecified atom stereocenters. The predicted octanol–water partition coefficient (Wildman–Crippen LogP) is 3.15. The van der Waals surface area contributed by atoms with Crippen molar-refractivity contribution < 1.29 is 8.42 Å². The van der Waals surface area contributed by atoms with Crippen molar-refractivity contribution in [2.45, 2.75) is 17.9 Å². The van der Waals surface area contributed by atoms with E-state index in [-0.39, 0.29) is 23.3 Å². The van der Waals surface area contributed by atoms with E-state index in [4.69, 9.17) is 0 Å². The maximum absolute atomic E-state index is 12.1. The van der Waals surface area contributed by atoms with E-state index in [2.05, 4.69) is 4.72 Å². The third kappa shape index (κ3) is 4.06. The Balaban J connectivity index is 0.00000180. The van der Waals surface area contributed by atoms with Gasteiger partial charge in [0.05, 0.1) is 4.90 Å². The van der Waals surface area contributed by atoms with Gasteiger partial charge >= 0.3 is 0 Å². The molecule has 2 aromatic rings. The molecule has 0 fully saturated rings. The number of sulfonamides is 1. The van der Waals surface area contributed by atoms with Gasteiger partial charge in [0.1, 0.15) is 0 Å². The lowest BCUT2D eigenvalue weighted by Gasteiger charge is -2.14. The Labute approximate surface area is 120 Å². The standard InChI is InChI=1S/C14H15NO2S.ClH/c1-12(13-8-4-2-5-9-13)15-18(16,17)14-10-6-3-7-11-14;/h2-12,15H,1H3;1H. The second-order valence-corrected chi connectivity index (χ2v) is 5.78. The predicted molar refractivity (Wildman–Crippen MR) is 78.9 cm³/mol. The van der Waals surface area contributed by atoms with E-state index in [1.807, 2.05) is 37.3 Å². The van der Waals surface area contributed by atoms with Crippen molar-refractivity contribution in [2.24, 2.45) is 0 Å². The fourth-order valence-corrected chi connectivity index (χ4v) is 2.96. The smallest absolute Gasteiger partial charge is 0.207 e. The van der Waals surface area contributed by atoms with Crippen molar-refractivity contribution in [3.63, 3.8) is 0 Å². The highest BCUT2D eigenvalue weighted by molar-refractivity contribution is 7.89. The van der Waals surface area contributed by atoms with E-state index >= 15 is 0 Å². The fraction of sp³-hybridized carbons (Fsp3) is 0.143. The van der Waals surface area contributed by atoms with E-state index < -0.39 is 10.0 Å². The monoisotopic (exact) mass is 297 g/mol. The molecule has 3 nitrogen and oxygen atoms in total. The minimum absolute atomic E-state index is 0. The SMILES string of the molecule is CC(NS(=O)(=O)c1ccccc1)c1ccccc1.Cl. The Hall–Kier alpha value is -1.36. The van der Waals surface area contributed by atoms with Gasteiger partial charge in [-0.05, 0) is 24.6 Å². The van der Waals surface area contributed by atoms with E-state index in [1.54, 1.807) is 30.3 Å². The maximum Gasteiger partial charge on any atom is 0.241 e. The topological polar surface area (TPSA) is 46.2 Å². The minimum atomic E-state index is -3.46. The van der Waals surface area contributed by atoms with Crippen LogP contribution in [0.2, 0.25) is 0 Å². The van der Waals surface area contributed by atoms with Gasteiger partial charge in [-0.2, -0.15) is 0 Å². The Bertz CT molecular complexity index is 600.